The molecule has 1 fully saturated rings. The first kappa shape index (κ1) is 17.3. The third-order valence-corrected chi connectivity index (χ3v) is 4.81. The molecule has 0 unspecified atom stereocenters. The highest BCUT2D eigenvalue weighted by molar-refractivity contribution is 6.32. The molecular formula is C20H21BFNO2. The molecule has 0 aliphatic carbocycles. The Morgan fingerprint density at radius 1 is 1.28 bits per heavy atom. The number of halogens is 1. The summed E-state index contributed by atoms with van der Waals surface area (Å²) in [6.07, 6.45) is 1.84. The maximum atomic E-state index is 13.3. The molecule has 0 saturated carbocycles. The Labute approximate surface area is 148 Å². The number of carbonyl (C=O) groups excluding carboxylic acids is 1. The molecule has 1 heterocycles. The third-order valence-electron chi connectivity index (χ3n) is 4.81. The molecular weight excluding hydrogens is 316 g/mol. The van der Waals surface area contributed by atoms with E-state index in [0.29, 0.717) is 13.0 Å². The minimum absolute atomic E-state index is 0.111. The summed E-state index contributed by atoms with van der Waals surface area (Å²) in [4.78, 5) is 14.3. The van der Waals surface area contributed by atoms with Gasteiger partial charge in [-0.05, 0) is 30.2 Å². The van der Waals surface area contributed by atoms with Gasteiger partial charge in [-0.3, -0.25) is 4.90 Å². The van der Waals surface area contributed by atoms with Gasteiger partial charge in [0, 0.05) is 6.42 Å². The summed E-state index contributed by atoms with van der Waals surface area (Å²) in [6, 6.07) is 14.1. The van der Waals surface area contributed by atoms with Crippen LogP contribution in [-0.4, -0.2) is 25.4 Å². The van der Waals surface area contributed by atoms with E-state index >= 15 is 0 Å². The Bertz CT molecular complexity index is 775. The van der Waals surface area contributed by atoms with Crippen molar-refractivity contribution in [3.8, 4) is 0 Å². The van der Waals surface area contributed by atoms with E-state index in [-0.39, 0.29) is 18.0 Å². The van der Waals surface area contributed by atoms with E-state index in [1.165, 1.54) is 17.6 Å². The van der Waals surface area contributed by atoms with Crippen molar-refractivity contribution in [3.05, 3.63) is 78.1 Å². The van der Waals surface area contributed by atoms with Crippen LogP contribution in [0.3, 0.4) is 0 Å². The Kier molecular flexibility index (Phi) is 4.66. The fraction of sp³-hybridized carbons (Fsp3) is 0.250. The predicted octanol–water partition coefficient (Wildman–Crippen LogP) is 3.07. The second kappa shape index (κ2) is 6.75. The molecule has 5 heteroatoms. The second-order valence-corrected chi connectivity index (χ2v) is 6.58. The molecule has 1 saturated heterocycles. The fourth-order valence-corrected chi connectivity index (χ4v) is 3.28. The van der Waals surface area contributed by atoms with Crippen LogP contribution in [-0.2, 0) is 10.3 Å². The highest BCUT2D eigenvalue weighted by Crippen LogP contribution is 2.40. The van der Waals surface area contributed by atoms with Gasteiger partial charge in [-0.2, -0.15) is 0 Å². The van der Waals surface area contributed by atoms with Gasteiger partial charge in [0.15, 0.2) is 5.60 Å². The molecule has 0 N–H and O–H groups in total. The lowest BCUT2D eigenvalue weighted by Gasteiger charge is -2.28. The van der Waals surface area contributed by atoms with Crippen LogP contribution in [0.25, 0.3) is 0 Å². The van der Waals surface area contributed by atoms with Gasteiger partial charge in [0.25, 0.3) is 0 Å². The number of ether oxygens (including phenoxy) is 1. The number of cyclic esters (lactones) is 1. The number of rotatable bonds is 5. The first-order valence-electron chi connectivity index (χ1n) is 8.38. The van der Waals surface area contributed by atoms with E-state index in [1.807, 2.05) is 39.0 Å². The number of nitrogens with zero attached hydrogens (tertiary/aromatic N) is 1. The van der Waals surface area contributed by atoms with Crippen molar-refractivity contribution >= 4 is 19.4 Å². The summed E-state index contributed by atoms with van der Waals surface area (Å²) in [7, 11) is 2.03. The van der Waals surface area contributed by atoms with Gasteiger partial charge < -0.3 is 4.74 Å². The van der Waals surface area contributed by atoms with Crippen molar-refractivity contribution in [1.29, 1.82) is 0 Å². The van der Waals surface area contributed by atoms with Gasteiger partial charge >= 0.3 is 6.09 Å². The summed E-state index contributed by atoms with van der Waals surface area (Å²) in [5.74, 6) is -0.313. The van der Waals surface area contributed by atoms with E-state index in [9.17, 15) is 9.18 Å². The first-order chi connectivity index (χ1) is 11.9. The zero-order valence-electron chi connectivity index (χ0n) is 14.5. The van der Waals surface area contributed by atoms with E-state index in [1.54, 1.807) is 23.1 Å². The average Bonchev–Trinajstić information content (AvgIpc) is 2.93. The second-order valence-electron chi connectivity index (χ2n) is 6.58. The molecule has 1 aliphatic heterocycles. The quantitative estimate of drug-likeness (QED) is 0.620. The molecule has 3 rings (SSSR count). The van der Waals surface area contributed by atoms with E-state index < -0.39 is 5.60 Å². The minimum atomic E-state index is -0.828. The van der Waals surface area contributed by atoms with Crippen LogP contribution in [0.5, 0.6) is 0 Å². The summed E-state index contributed by atoms with van der Waals surface area (Å²) >= 11 is 0. The van der Waals surface area contributed by atoms with Gasteiger partial charge in [0.1, 0.15) is 13.7 Å². The van der Waals surface area contributed by atoms with Gasteiger partial charge in [-0.25, -0.2) is 9.18 Å². The van der Waals surface area contributed by atoms with Crippen LogP contribution in [0.1, 0.15) is 30.5 Å². The van der Waals surface area contributed by atoms with Crippen LogP contribution in [0.4, 0.5) is 9.18 Å². The van der Waals surface area contributed by atoms with Crippen LogP contribution in [0.2, 0.25) is 0 Å². The molecule has 25 heavy (non-hydrogen) atoms. The van der Waals surface area contributed by atoms with Crippen molar-refractivity contribution < 1.29 is 13.9 Å². The molecule has 1 amide bonds. The minimum Gasteiger partial charge on any atom is -0.436 e. The number of hydrogen-bond acceptors (Lipinski definition) is 2. The molecule has 128 valence electrons. The highest BCUT2D eigenvalue weighted by atomic mass is 19.1. The van der Waals surface area contributed by atoms with E-state index in [2.05, 4.69) is 6.58 Å². The molecule has 2 atom stereocenters. The molecule has 0 aromatic heterocycles. The van der Waals surface area contributed by atoms with Crippen LogP contribution in [0, 0.1) is 5.82 Å². The Hall–Kier alpha value is -2.56. The maximum absolute atomic E-state index is 13.3. The van der Waals surface area contributed by atoms with Crippen LogP contribution < -0.4 is 5.46 Å². The predicted molar refractivity (Wildman–Crippen MR) is 99.1 cm³/mol. The fourth-order valence-electron chi connectivity index (χ4n) is 3.28. The molecule has 1 aliphatic rings. The van der Waals surface area contributed by atoms with E-state index in [4.69, 9.17) is 4.74 Å². The van der Waals surface area contributed by atoms with E-state index in [0.717, 1.165) is 11.1 Å². The lowest BCUT2D eigenvalue weighted by Crippen LogP contribution is -2.33. The zero-order chi connectivity index (χ0) is 18.0. The molecule has 0 spiro atoms. The summed E-state index contributed by atoms with van der Waals surface area (Å²) < 4.78 is 19.1. The lowest BCUT2D eigenvalue weighted by molar-refractivity contribution is 0.0568. The normalized spacial score (nSPS) is 21.0. The van der Waals surface area contributed by atoms with Gasteiger partial charge in [-0.1, -0.05) is 47.9 Å². The van der Waals surface area contributed by atoms with Crippen molar-refractivity contribution in [3.63, 3.8) is 0 Å². The number of hydrogen-bond donors (Lipinski definition) is 0. The largest absolute Gasteiger partial charge is 0.436 e. The maximum Gasteiger partial charge on any atom is 0.411 e. The van der Waals surface area contributed by atoms with Crippen LogP contribution in [0.15, 0.2) is 61.2 Å². The average molecular weight is 337 g/mol. The summed E-state index contributed by atoms with van der Waals surface area (Å²) in [6.45, 7) is 6.18. The molecule has 3 nitrogen and oxygen atoms in total. The first-order valence-corrected chi connectivity index (χ1v) is 8.38. The molecule has 0 bridgehead atoms. The topological polar surface area (TPSA) is 29.5 Å². The number of carbonyl (C=O) groups is 1. The Morgan fingerprint density at radius 3 is 2.52 bits per heavy atom. The third kappa shape index (κ3) is 3.32. The van der Waals surface area contributed by atoms with Gasteiger partial charge in [-0.15, -0.1) is 6.58 Å². The molecule has 2 aromatic rings. The Balaban J connectivity index is 1.91. The Morgan fingerprint density at radius 2 is 1.92 bits per heavy atom. The highest BCUT2D eigenvalue weighted by Gasteiger charge is 2.47. The molecule has 0 radical (unpaired) electrons. The summed E-state index contributed by atoms with van der Waals surface area (Å²) in [5, 5.41) is 0. The molecule has 2 aromatic carbocycles. The van der Waals surface area contributed by atoms with Crippen molar-refractivity contribution in [2.45, 2.75) is 25.0 Å². The van der Waals surface area contributed by atoms with Crippen molar-refractivity contribution in [1.82, 2.24) is 4.90 Å². The van der Waals surface area contributed by atoms with Gasteiger partial charge in [0.2, 0.25) is 0 Å². The standard InChI is InChI=1S/C20H21BFNO2/c1-3-12-20(16-6-10-18(22)11-7-16)13-23(19(24)25-20)14(2)15-4-8-17(21)9-5-15/h3-11,14H,1,12-13,21H2,2H3/t14-,20-/m0/s1. The summed E-state index contributed by atoms with van der Waals surface area (Å²) in [5.41, 5.74) is 2.18. The zero-order valence-corrected chi connectivity index (χ0v) is 14.5. The smallest absolute Gasteiger partial charge is 0.411 e. The van der Waals surface area contributed by atoms with Crippen molar-refractivity contribution in [2.75, 3.05) is 6.54 Å². The van der Waals surface area contributed by atoms with Crippen molar-refractivity contribution in [2.24, 2.45) is 0 Å². The van der Waals surface area contributed by atoms with Gasteiger partial charge in [0.05, 0.1) is 12.6 Å². The number of amides is 1. The SMILES string of the molecule is Bc1ccc([C@H](C)N2C[C@@](CC=C)(c3ccc(F)cc3)OC2=O)cc1. The number of benzene rings is 2. The monoisotopic (exact) mass is 337 g/mol. The lowest BCUT2D eigenvalue weighted by atomic mass is 9.89. The van der Waals surface area contributed by atoms with Crippen LogP contribution >= 0.6 is 0 Å².